The van der Waals surface area contributed by atoms with Crippen LogP contribution < -0.4 is 0 Å². The summed E-state index contributed by atoms with van der Waals surface area (Å²) in [5, 5.41) is 13.9. The molecule has 7 heteroatoms. The lowest BCUT2D eigenvalue weighted by Gasteiger charge is -2.51. The molecule has 2 fully saturated rings. The Bertz CT molecular complexity index is 1280. The van der Waals surface area contributed by atoms with E-state index in [0.717, 1.165) is 32.7 Å². The highest BCUT2D eigenvalue weighted by atomic mass is 16.7. The summed E-state index contributed by atoms with van der Waals surface area (Å²) in [6.45, 7) is 4.45. The minimum absolute atomic E-state index is 0.0643. The van der Waals surface area contributed by atoms with E-state index < -0.39 is 17.2 Å². The van der Waals surface area contributed by atoms with Gasteiger partial charge in [-0.25, -0.2) is 0 Å². The third kappa shape index (κ3) is 3.94. The number of benzene rings is 2. The van der Waals surface area contributed by atoms with E-state index >= 15 is 0 Å². The van der Waals surface area contributed by atoms with Gasteiger partial charge in [-0.3, -0.25) is 14.4 Å². The predicted molar refractivity (Wildman–Crippen MR) is 133 cm³/mol. The third-order valence-corrected chi connectivity index (χ3v) is 7.16. The minimum Gasteiger partial charge on any atom is -0.361 e. The molecule has 2 aliphatic rings. The Labute approximate surface area is 204 Å². The number of fused-ring (bicyclic) bond motifs is 2. The van der Waals surface area contributed by atoms with E-state index in [9.17, 15) is 14.7 Å². The van der Waals surface area contributed by atoms with Crippen LogP contribution in [0.2, 0.25) is 0 Å². The number of para-hydroxylation sites is 1. The maximum Gasteiger partial charge on any atom is 0.279 e. The van der Waals surface area contributed by atoms with Crippen molar-refractivity contribution in [1.29, 1.82) is 0 Å². The van der Waals surface area contributed by atoms with Crippen LogP contribution in [-0.4, -0.2) is 49.7 Å². The van der Waals surface area contributed by atoms with Crippen LogP contribution in [0.5, 0.6) is 0 Å². The number of hydrogen-bond acceptors (Lipinski definition) is 4. The molecule has 3 aromatic rings. The number of amides is 2. The van der Waals surface area contributed by atoms with E-state index in [1.54, 1.807) is 11.1 Å². The van der Waals surface area contributed by atoms with Crippen LogP contribution in [0.1, 0.15) is 44.2 Å². The average molecular weight is 474 g/mol. The van der Waals surface area contributed by atoms with Gasteiger partial charge in [-0.15, -0.1) is 0 Å². The third-order valence-electron chi connectivity index (χ3n) is 7.16. The van der Waals surface area contributed by atoms with Gasteiger partial charge < -0.3 is 15.0 Å². The fourth-order valence-electron chi connectivity index (χ4n) is 5.30. The summed E-state index contributed by atoms with van der Waals surface area (Å²) in [5.74, 6) is -0.861. The van der Waals surface area contributed by atoms with Gasteiger partial charge in [0.15, 0.2) is 0 Å². The number of carbonyl (C=O) groups is 2. The Morgan fingerprint density at radius 2 is 1.83 bits per heavy atom. The van der Waals surface area contributed by atoms with Crippen LogP contribution in [0.15, 0.2) is 72.4 Å². The molecule has 2 amide bonds. The molecule has 182 valence electrons. The van der Waals surface area contributed by atoms with Crippen LogP contribution in [0.4, 0.5) is 0 Å². The minimum atomic E-state index is -2.16. The lowest BCUT2D eigenvalue weighted by Crippen LogP contribution is -2.75. The molecular weight excluding hydrogens is 442 g/mol. The van der Waals surface area contributed by atoms with Gasteiger partial charge >= 0.3 is 0 Å². The number of H-pyrrole nitrogens is 1. The summed E-state index contributed by atoms with van der Waals surface area (Å²) in [4.78, 5) is 38.9. The first-order valence-electron chi connectivity index (χ1n) is 12.1. The van der Waals surface area contributed by atoms with E-state index in [0.29, 0.717) is 25.8 Å². The van der Waals surface area contributed by atoms with E-state index in [1.807, 2.05) is 74.5 Å². The van der Waals surface area contributed by atoms with E-state index in [-0.39, 0.29) is 18.9 Å². The Hall–Kier alpha value is -3.42. The van der Waals surface area contributed by atoms with Crippen LogP contribution >= 0.6 is 0 Å². The number of allylic oxidation sites excluding steroid dienone is 1. The normalized spacial score (nSPS) is 24.2. The summed E-state index contributed by atoms with van der Waals surface area (Å²) in [6.07, 6.45) is 5.33. The molecule has 3 heterocycles. The lowest BCUT2D eigenvalue weighted by molar-refractivity contribution is -0.295. The molecule has 2 aromatic carbocycles. The summed E-state index contributed by atoms with van der Waals surface area (Å²) in [6, 6.07) is 17.1. The van der Waals surface area contributed by atoms with Gasteiger partial charge in [-0.2, -0.15) is 5.06 Å². The maximum absolute atomic E-state index is 14.1. The number of nitrogens with one attached hydrogen (secondary N) is 1. The van der Waals surface area contributed by atoms with Gasteiger partial charge in [0.25, 0.3) is 11.8 Å². The number of nitrogens with zero attached hydrogens (tertiary/aromatic N) is 2. The van der Waals surface area contributed by atoms with Crippen molar-refractivity contribution in [3.05, 3.63) is 83.6 Å². The highest BCUT2D eigenvalue weighted by Crippen LogP contribution is 2.44. The molecule has 0 spiro atoms. The fraction of sp³-hybridized carbons (Fsp3) is 0.357. The number of aromatic amines is 1. The molecule has 2 aliphatic heterocycles. The Morgan fingerprint density at radius 3 is 2.60 bits per heavy atom. The van der Waals surface area contributed by atoms with Crippen LogP contribution in [0.25, 0.3) is 10.9 Å². The highest BCUT2D eigenvalue weighted by molar-refractivity contribution is 6.02. The number of hydrogen-bond donors (Lipinski definition) is 2. The topological polar surface area (TPSA) is 85.9 Å². The number of carbonyl (C=O) groups excluding carboxylic acids is 2. The molecule has 2 saturated heterocycles. The SMILES string of the molecule is CC(C)=CC[C@@]12CCCN1C(=O)C(O)(Cc1c[nH]c3ccccc13)N(OCc1ccccc1)C2=O. The van der Waals surface area contributed by atoms with E-state index in [1.165, 1.54) is 0 Å². The summed E-state index contributed by atoms with van der Waals surface area (Å²) in [7, 11) is 0. The molecule has 0 aliphatic carbocycles. The zero-order chi connectivity index (χ0) is 24.6. The van der Waals surface area contributed by atoms with Crippen LogP contribution in [0.3, 0.4) is 0 Å². The first kappa shape index (κ1) is 23.3. The molecule has 0 bridgehead atoms. The second kappa shape index (κ2) is 8.98. The number of aliphatic hydroxyl groups is 1. The smallest absolute Gasteiger partial charge is 0.279 e. The van der Waals surface area contributed by atoms with Crippen molar-refractivity contribution in [2.75, 3.05) is 6.54 Å². The molecule has 1 aromatic heterocycles. The standard InChI is InChI=1S/C28H31N3O4/c1-20(2)13-15-27-14-8-16-30(27)26(33)28(34,17-22-18-29-24-12-7-6-11-23(22)24)31(25(27)32)35-19-21-9-4-3-5-10-21/h3-7,9-13,18,29,34H,8,14-17,19H2,1-2H3/t27-,28?/m1/s1. The Kier molecular flexibility index (Phi) is 5.99. The number of hydroxylamine groups is 2. The quantitative estimate of drug-likeness (QED) is 0.506. The van der Waals surface area contributed by atoms with Crippen LogP contribution in [-0.2, 0) is 27.5 Å². The molecule has 5 rings (SSSR count). The lowest BCUT2D eigenvalue weighted by atomic mass is 9.84. The summed E-state index contributed by atoms with van der Waals surface area (Å²) < 4.78 is 0. The van der Waals surface area contributed by atoms with Crippen molar-refractivity contribution in [1.82, 2.24) is 14.9 Å². The molecular formula is C28H31N3O4. The van der Waals surface area contributed by atoms with E-state index in [4.69, 9.17) is 4.84 Å². The van der Waals surface area contributed by atoms with Crippen molar-refractivity contribution >= 4 is 22.7 Å². The van der Waals surface area contributed by atoms with Crippen molar-refractivity contribution in [2.24, 2.45) is 0 Å². The van der Waals surface area contributed by atoms with Gasteiger partial charge in [0.1, 0.15) is 12.1 Å². The molecule has 0 saturated carbocycles. The number of piperazine rings is 1. The fourth-order valence-corrected chi connectivity index (χ4v) is 5.30. The molecule has 35 heavy (non-hydrogen) atoms. The summed E-state index contributed by atoms with van der Waals surface area (Å²) in [5.41, 5.74) is 0.356. The molecule has 0 radical (unpaired) electrons. The molecule has 2 N–H and O–H groups in total. The van der Waals surface area contributed by atoms with Crippen molar-refractivity contribution in [3.8, 4) is 0 Å². The van der Waals surface area contributed by atoms with E-state index in [2.05, 4.69) is 4.98 Å². The first-order valence-corrected chi connectivity index (χ1v) is 12.1. The van der Waals surface area contributed by atoms with Gasteiger partial charge in [0.05, 0.1) is 0 Å². The zero-order valence-corrected chi connectivity index (χ0v) is 20.2. The van der Waals surface area contributed by atoms with Crippen molar-refractivity contribution in [3.63, 3.8) is 0 Å². The molecule has 2 atom stereocenters. The molecule has 7 nitrogen and oxygen atoms in total. The van der Waals surface area contributed by atoms with Gasteiger partial charge in [0, 0.05) is 30.1 Å². The van der Waals surface area contributed by atoms with Gasteiger partial charge in [-0.1, -0.05) is 60.2 Å². The second-order valence-corrected chi connectivity index (χ2v) is 9.79. The summed E-state index contributed by atoms with van der Waals surface area (Å²) >= 11 is 0. The second-order valence-electron chi connectivity index (χ2n) is 9.79. The highest BCUT2D eigenvalue weighted by Gasteiger charge is 2.64. The first-order chi connectivity index (χ1) is 16.8. The Balaban J connectivity index is 1.56. The van der Waals surface area contributed by atoms with Crippen LogP contribution in [0, 0.1) is 0 Å². The van der Waals surface area contributed by atoms with Crippen molar-refractivity contribution < 1.29 is 19.5 Å². The maximum atomic E-state index is 14.1. The van der Waals surface area contributed by atoms with Gasteiger partial charge in [0.2, 0.25) is 5.72 Å². The molecule has 1 unspecified atom stereocenters. The predicted octanol–water partition coefficient (Wildman–Crippen LogP) is 4.09. The number of aromatic nitrogens is 1. The average Bonchev–Trinajstić information content (AvgIpc) is 3.47. The van der Waals surface area contributed by atoms with Gasteiger partial charge in [-0.05, 0) is 50.3 Å². The van der Waals surface area contributed by atoms with Crippen molar-refractivity contribution in [2.45, 2.75) is 57.4 Å². The number of rotatable bonds is 7. The Morgan fingerprint density at radius 1 is 1.09 bits per heavy atom. The monoisotopic (exact) mass is 473 g/mol. The largest absolute Gasteiger partial charge is 0.361 e. The zero-order valence-electron chi connectivity index (χ0n) is 20.2.